The number of amides is 2. The number of hydrogen-bond acceptors (Lipinski definition) is 5. The van der Waals surface area contributed by atoms with E-state index < -0.39 is 17.8 Å². The molecule has 0 radical (unpaired) electrons. The van der Waals surface area contributed by atoms with Gasteiger partial charge in [0.2, 0.25) is 5.91 Å². The van der Waals surface area contributed by atoms with E-state index in [-0.39, 0.29) is 18.0 Å². The highest BCUT2D eigenvalue weighted by atomic mass is 19.1. The Morgan fingerprint density at radius 3 is 2.10 bits per heavy atom. The van der Waals surface area contributed by atoms with Gasteiger partial charge in [-0.15, -0.1) is 10.2 Å². The fourth-order valence-electron chi connectivity index (χ4n) is 4.77. The molecule has 0 bridgehead atoms. The van der Waals surface area contributed by atoms with Gasteiger partial charge in [-0.05, 0) is 36.8 Å². The Labute approximate surface area is 227 Å². The number of aromatic nitrogens is 2. The van der Waals surface area contributed by atoms with Crippen molar-refractivity contribution < 1.29 is 14.0 Å². The lowest BCUT2D eigenvalue weighted by Gasteiger charge is -2.37. The topological polar surface area (TPSA) is 69.6 Å². The van der Waals surface area contributed by atoms with Crippen molar-refractivity contribution in [2.75, 3.05) is 37.6 Å². The molecule has 1 aromatic heterocycles. The molecule has 0 N–H and O–H groups in total. The van der Waals surface area contributed by atoms with Gasteiger partial charge in [-0.3, -0.25) is 9.59 Å². The second kappa shape index (κ2) is 11.9. The minimum absolute atomic E-state index is 0.0459. The Kier molecular flexibility index (Phi) is 7.91. The molecule has 5 rings (SSSR count). The third kappa shape index (κ3) is 5.95. The van der Waals surface area contributed by atoms with Crippen molar-refractivity contribution >= 4 is 17.6 Å². The largest absolute Gasteiger partial charge is 0.352 e. The zero-order chi connectivity index (χ0) is 27.2. The lowest BCUT2D eigenvalue weighted by atomic mass is 10.0. The van der Waals surface area contributed by atoms with Gasteiger partial charge in [-0.1, -0.05) is 72.8 Å². The Bertz CT molecular complexity index is 1410. The molecule has 0 aliphatic carbocycles. The van der Waals surface area contributed by atoms with Crippen molar-refractivity contribution in [1.82, 2.24) is 20.0 Å². The van der Waals surface area contributed by atoms with Crippen molar-refractivity contribution in [3.8, 4) is 11.3 Å². The summed E-state index contributed by atoms with van der Waals surface area (Å²) in [6.45, 7) is 3.89. The average molecular weight is 524 g/mol. The number of benzene rings is 3. The van der Waals surface area contributed by atoms with E-state index in [0.29, 0.717) is 26.2 Å². The third-order valence-electron chi connectivity index (χ3n) is 7.10. The molecule has 1 aliphatic heterocycles. The van der Waals surface area contributed by atoms with Crippen LogP contribution in [0.15, 0.2) is 97.1 Å². The van der Waals surface area contributed by atoms with Gasteiger partial charge in [0.05, 0.1) is 17.3 Å². The van der Waals surface area contributed by atoms with E-state index >= 15 is 0 Å². The first kappa shape index (κ1) is 26.0. The summed E-state index contributed by atoms with van der Waals surface area (Å²) in [4.78, 5) is 32.2. The number of anilines is 1. The van der Waals surface area contributed by atoms with Gasteiger partial charge in [0.1, 0.15) is 12.4 Å². The van der Waals surface area contributed by atoms with Crippen molar-refractivity contribution in [2.24, 2.45) is 0 Å². The van der Waals surface area contributed by atoms with Crippen LogP contribution in [0.5, 0.6) is 0 Å². The summed E-state index contributed by atoms with van der Waals surface area (Å²) in [5.74, 6) is -0.526. The number of rotatable bonds is 7. The van der Waals surface area contributed by atoms with Crippen LogP contribution in [0.2, 0.25) is 0 Å². The molecule has 39 heavy (non-hydrogen) atoms. The number of nitrogens with zero attached hydrogens (tertiary/aromatic N) is 5. The highest BCUT2D eigenvalue weighted by molar-refractivity contribution is 5.97. The fourth-order valence-corrected chi connectivity index (χ4v) is 4.77. The van der Waals surface area contributed by atoms with Gasteiger partial charge < -0.3 is 14.7 Å². The Balaban J connectivity index is 1.26. The summed E-state index contributed by atoms with van der Waals surface area (Å²) in [7, 11) is 0. The van der Waals surface area contributed by atoms with Crippen LogP contribution in [-0.4, -0.2) is 64.5 Å². The molecule has 0 spiro atoms. The number of halogens is 1. The quantitative estimate of drug-likeness (QED) is 0.347. The summed E-state index contributed by atoms with van der Waals surface area (Å²) < 4.78 is 14.5. The molecule has 1 aliphatic rings. The lowest BCUT2D eigenvalue weighted by Crippen LogP contribution is -2.52. The van der Waals surface area contributed by atoms with Gasteiger partial charge >= 0.3 is 0 Å². The second-order valence-corrected chi connectivity index (χ2v) is 9.51. The maximum atomic E-state index is 14.5. The van der Waals surface area contributed by atoms with Crippen molar-refractivity contribution in [3.05, 3.63) is 114 Å². The Hall–Kier alpha value is -4.59. The number of carbonyl (C=O) groups excluding carboxylic acids is 2. The minimum atomic E-state index is -0.604. The van der Waals surface area contributed by atoms with E-state index in [1.807, 2.05) is 79.7 Å². The molecule has 3 aromatic carbocycles. The van der Waals surface area contributed by atoms with Crippen molar-refractivity contribution in [3.63, 3.8) is 0 Å². The highest BCUT2D eigenvalue weighted by Crippen LogP contribution is 2.24. The predicted octanol–water partition coefficient (Wildman–Crippen LogP) is 4.83. The molecule has 0 saturated carbocycles. The molecule has 1 saturated heterocycles. The van der Waals surface area contributed by atoms with Gasteiger partial charge in [-0.25, -0.2) is 4.39 Å². The summed E-state index contributed by atoms with van der Waals surface area (Å²) in [6.07, 6.45) is 0. The van der Waals surface area contributed by atoms with Gasteiger partial charge in [-0.2, -0.15) is 0 Å². The number of piperazine rings is 1. The minimum Gasteiger partial charge on any atom is -0.352 e. The second-order valence-electron chi connectivity index (χ2n) is 9.51. The molecule has 0 unspecified atom stereocenters. The molecule has 2 heterocycles. The molecular weight excluding hydrogens is 493 g/mol. The SMILES string of the molecule is C[C@@H](c1ccccc1)N(CC(=O)N1CCN(c2ccc(-c3ccccc3)nn2)CC1)C(=O)c1ccccc1F. The average Bonchev–Trinajstić information content (AvgIpc) is 3.00. The van der Waals surface area contributed by atoms with Crippen LogP contribution in [0.1, 0.15) is 28.9 Å². The van der Waals surface area contributed by atoms with Crippen LogP contribution in [0.4, 0.5) is 10.2 Å². The first-order valence-electron chi connectivity index (χ1n) is 13.0. The van der Waals surface area contributed by atoms with Gasteiger partial charge in [0.25, 0.3) is 5.91 Å². The smallest absolute Gasteiger partial charge is 0.257 e. The molecule has 1 atom stereocenters. The third-order valence-corrected chi connectivity index (χ3v) is 7.10. The van der Waals surface area contributed by atoms with Crippen LogP contribution in [-0.2, 0) is 4.79 Å². The summed E-state index contributed by atoms with van der Waals surface area (Å²) in [6, 6.07) is 28.7. The molecule has 8 heteroatoms. The fraction of sp³-hybridized carbons (Fsp3) is 0.226. The van der Waals surface area contributed by atoms with Crippen molar-refractivity contribution in [2.45, 2.75) is 13.0 Å². The molecule has 198 valence electrons. The Morgan fingerprint density at radius 2 is 1.46 bits per heavy atom. The van der Waals surface area contributed by atoms with Crippen LogP contribution in [0.25, 0.3) is 11.3 Å². The van der Waals surface area contributed by atoms with Crippen LogP contribution in [0, 0.1) is 5.82 Å². The summed E-state index contributed by atoms with van der Waals surface area (Å²) in [5, 5.41) is 8.78. The van der Waals surface area contributed by atoms with Crippen LogP contribution in [0.3, 0.4) is 0 Å². The zero-order valence-electron chi connectivity index (χ0n) is 21.8. The molecule has 1 fully saturated rings. The number of carbonyl (C=O) groups is 2. The Morgan fingerprint density at radius 1 is 0.821 bits per heavy atom. The first-order chi connectivity index (χ1) is 19.0. The van der Waals surface area contributed by atoms with E-state index in [1.54, 1.807) is 17.0 Å². The molecular formula is C31H30FN5O2. The first-order valence-corrected chi connectivity index (χ1v) is 13.0. The van der Waals surface area contributed by atoms with E-state index in [0.717, 1.165) is 22.6 Å². The van der Waals surface area contributed by atoms with E-state index in [9.17, 15) is 14.0 Å². The maximum Gasteiger partial charge on any atom is 0.257 e. The molecule has 7 nitrogen and oxygen atoms in total. The van der Waals surface area contributed by atoms with Crippen LogP contribution >= 0.6 is 0 Å². The predicted molar refractivity (Wildman–Crippen MR) is 149 cm³/mol. The lowest BCUT2D eigenvalue weighted by molar-refractivity contribution is -0.132. The standard InChI is InChI=1S/C31H30FN5O2/c1-23(24-10-4-2-5-11-24)37(31(39)26-14-8-9-15-27(26)32)22-30(38)36-20-18-35(19-21-36)29-17-16-28(33-34-29)25-12-6-3-7-13-25/h2-17,23H,18-22H2,1H3/t23-/m0/s1. The number of hydrogen-bond donors (Lipinski definition) is 0. The van der Waals surface area contributed by atoms with Gasteiger partial charge in [0, 0.05) is 31.7 Å². The monoisotopic (exact) mass is 523 g/mol. The maximum absolute atomic E-state index is 14.5. The normalized spacial score (nSPS) is 14.1. The van der Waals surface area contributed by atoms with Crippen molar-refractivity contribution in [1.29, 1.82) is 0 Å². The molecule has 2 amide bonds. The summed E-state index contributed by atoms with van der Waals surface area (Å²) in [5.41, 5.74) is 2.64. The highest BCUT2D eigenvalue weighted by Gasteiger charge is 2.30. The van der Waals surface area contributed by atoms with E-state index in [1.165, 1.54) is 17.0 Å². The molecule has 4 aromatic rings. The van der Waals surface area contributed by atoms with E-state index in [4.69, 9.17) is 0 Å². The summed E-state index contributed by atoms with van der Waals surface area (Å²) >= 11 is 0. The zero-order valence-corrected chi connectivity index (χ0v) is 21.8. The van der Waals surface area contributed by atoms with Gasteiger partial charge in [0.15, 0.2) is 5.82 Å². The van der Waals surface area contributed by atoms with Crippen LogP contribution < -0.4 is 4.90 Å². The van der Waals surface area contributed by atoms with E-state index in [2.05, 4.69) is 15.1 Å².